The van der Waals surface area contributed by atoms with Crippen molar-refractivity contribution in [2.45, 2.75) is 12.8 Å². The number of benzene rings is 3. The zero-order valence-electron chi connectivity index (χ0n) is 18.7. The highest BCUT2D eigenvalue weighted by molar-refractivity contribution is 6.25. The lowest BCUT2D eigenvalue weighted by molar-refractivity contribution is -0.130. The van der Waals surface area contributed by atoms with E-state index in [2.05, 4.69) is 0 Å². The van der Waals surface area contributed by atoms with Gasteiger partial charge in [0.05, 0.1) is 13.7 Å². The summed E-state index contributed by atoms with van der Waals surface area (Å²) in [4.78, 5) is 41.2. The SMILES string of the molecule is COc1ccc(OCCN(C)C(=O)CCCN2C(=O)c3cccc4cccc(c34)C2=O)cc1. The Morgan fingerprint density at radius 3 is 2.12 bits per heavy atom. The first-order valence-electron chi connectivity index (χ1n) is 10.9. The van der Waals surface area contributed by atoms with Gasteiger partial charge in [0.25, 0.3) is 11.8 Å². The molecule has 7 nitrogen and oxygen atoms in total. The summed E-state index contributed by atoms with van der Waals surface area (Å²) in [7, 11) is 3.32. The molecule has 1 aliphatic heterocycles. The van der Waals surface area contributed by atoms with Gasteiger partial charge in [-0.25, -0.2) is 0 Å². The Morgan fingerprint density at radius 2 is 1.52 bits per heavy atom. The number of imide groups is 1. The number of nitrogens with zero attached hydrogens (tertiary/aromatic N) is 2. The van der Waals surface area contributed by atoms with Crippen molar-refractivity contribution >= 4 is 28.5 Å². The zero-order chi connectivity index (χ0) is 23.4. The minimum Gasteiger partial charge on any atom is -0.497 e. The smallest absolute Gasteiger partial charge is 0.261 e. The van der Waals surface area contributed by atoms with Gasteiger partial charge in [-0.1, -0.05) is 24.3 Å². The average Bonchev–Trinajstić information content (AvgIpc) is 2.84. The minimum absolute atomic E-state index is 0.0623. The van der Waals surface area contributed by atoms with Gasteiger partial charge in [0.15, 0.2) is 0 Å². The summed E-state index contributed by atoms with van der Waals surface area (Å²) in [5.41, 5.74) is 1.06. The van der Waals surface area contributed by atoms with E-state index in [0.717, 1.165) is 11.1 Å². The second-order valence-corrected chi connectivity index (χ2v) is 7.91. The van der Waals surface area contributed by atoms with E-state index in [1.807, 2.05) is 48.5 Å². The first kappa shape index (κ1) is 22.3. The van der Waals surface area contributed by atoms with E-state index in [1.165, 1.54) is 4.90 Å². The summed E-state index contributed by atoms with van der Waals surface area (Å²) in [6.45, 7) is 0.991. The summed E-state index contributed by atoms with van der Waals surface area (Å²) in [6, 6.07) is 18.2. The number of carbonyl (C=O) groups excluding carboxylic acids is 3. The second kappa shape index (κ2) is 9.73. The summed E-state index contributed by atoms with van der Waals surface area (Å²) < 4.78 is 10.8. The van der Waals surface area contributed by atoms with Crippen LogP contribution in [0.5, 0.6) is 11.5 Å². The predicted molar refractivity (Wildman–Crippen MR) is 125 cm³/mol. The summed E-state index contributed by atoms with van der Waals surface area (Å²) in [6.07, 6.45) is 0.639. The molecule has 3 amide bonds. The van der Waals surface area contributed by atoms with Crippen molar-refractivity contribution in [3.63, 3.8) is 0 Å². The van der Waals surface area contributed by atoms with E-state index in [9.17, 15) is 14.4 Å². The third-order valence-corrected chi connectivity index (χ3v) is 5.81. The number of carbonyl (C=O) groups is 3. The Bertz CT molecular complexity index is 1140. The maximum atomic E-state index is 12.9. The highest BCUT2D eigenvalue weighted by Gasteiger charge is 2.32. The number of methoxy groups -OCH3 is 1. The number of hydrogen-bond donors (Lipinski definition) is 0. The van der Waals surface area contributed by atoms with Crippen molar-refractivity contribution in [3.05, 3.63) is 71.8 Å². The van der Waals surface area contributed by atoms with Crippen LogP contribution in [0.4, 0.5) is 0 Å². The van der Waals surface area contributed by atoms with Gasteiger partial charge >= 0.3 is 0 Å². The molecule has 0 radical (unpaired) electrons. The molecule has 4 rings (SSSR count). The van der Waals surface area contributed by atoms with E-state index < -0.39 is 0 Å². The summed E-state index contributed by atoms with van der Waals surface area (Å²) >= 11 is 0. The van der Waals surface area contributed by atoms with Crippen LogP contribution in [0.1, 0.15) is 33.6 Å². The first-order valence-corrected chi connectivity index (χ1v) is 10.9. The van der Waals surface area contributed by atoms with Crippen LogP contribution < -0.4 is 9.47 Å². The maximum absolute atomic E-state index is 12.9. The fourth-order valence-electron chi connectivity index (χ4n) is 3.96. The lowest BCUT2D eigenvalue weighted by Crippen LogP contribution is -2.41. The van der Waals surface area contributed by atoms with Crippen LogP contribution in [0.15, 0.2) is 60.7 Å². The van der Waals surface area contributed by atoms with E-state index in [0.29, 0.717) is 41.8 Å². The van der Waals surface area contributed by atoms with Gasteiger partial charge in [0.1, 0.15) is 18.1 Å². The van der Waals surface area contributed by atoms with Gasteiger partial charge in [-0.15, -0.1) is 0 Å². The number of rotatable bonds is 9. The van der Waals surface area contributed by atoms with Crippen LogP contribution in [0.2, 0.25) is 0 Å². The molecule has 0 aromatic heterocycles. The normalized spacial score (nSPS) is 12.7. The number of likely N-dealkylation sites (N-methyl/N-ethyl adjacent to an activating group) is 1. The molecule has 0 saturated heterocycles. The molecular formula is C26H26N2O5. The lowest BCUT2D eigenvalue weighted by Gasteiger charge is -2.27. The average molecular weight is 447 g/mol. The molecule has 170 valence electrons. The van der Waals surface area contributed by atoms with Gasteiger partial charge in [-0.2, -0.15) is 0 Å². The Hall–Kier alpha value is -3.87. The molecule has 0 fully saturated rings. The van der Waals surface area contributed by atoms with Crippen molar-refractivity contribution in [1.29, 1.82) is 0 Å². The molecule has 0 atom stereocenters. The molecule has 1 aliphatic rings. The molecule has 3 aromatic rings. The second-order valence-electron chi connectivity index (χ2n) is 7.91. The van der Waals surface area contributed by atoms with Crippen LogP contribution in [-0.4, -0.2) is 61.4 Å². The molecular weight excluding hydrogens is 420 g/mol. The predicted octanol–water partition coefficient (Wildman–Crippen LogP) is 3.76. The molecule has 0 unspecified atom stereocenters. The molecule has 3 aromatic carbocycles. The third-order valence-electron chi connectivity index (χ3n) is 5.81. The maximum Gasteiger partial charge on any atom is 0.261 e. The van der Waals surface area contributed by atoms with Crippen LogP contribution in [0.3, 0.4) is 0 Å². The van der Waals surface area contributed by atoms with Crippen molar-refractivity contribution in [2.75, 3.05) is 33.9 Å². The third kappa shape index (κ3) is 4.67. The van der Waals surface area contributed by atoms with Crippen LogP contribution >= 0.6 is 0 Å². The summed E-state index contributed by atoms with van der Waals surface area (Å²) in [5, 5.41) is 1.58. The fourth-order valence-corrected chi connectivity index (χ4v) is 3.96. The largest absolute Gasteiger partial charge is 0.497 e. The van der Waals surface area contributed by atoms with Gasteiger partial charge in [-0.05, 0) is 48.2 Å². The van der Waals surface area contributed by atoms with Gasteiger partial charge < -0.3 is 14.4 Å². The number of ether oxygens (including phenoxy) is 2. The van der Waals surface area contributed by atoms with Gasteiger partial charge in [-0.3, -0.25) is 19.3 Å². The van der Waals surface area contributed by atoms with Crippen molar-refractivity contribution in [2.24, 2.45) is 0 Å². The Labute approximate surface area is 192 Å². The van der Waals surface area contributed by atoms with Gasteiger partial charge in [0, 0.05) is 36.5 Å². The van der Waals surface area contributed by atoms with Crippen molar-refractivity contribution in [3.8, 4) is 11.5 Å². The van der Waals surface area contributed by atoms with Crippen LogP contribution in [0.25, 0.3) is 10.8 Å². The first-order chi connectivity index (χ1) is 16.0. The number of hydrogen-bond acceptors (Lipinski definition) is 5. The zero-order valence-corrected chi connectivity index (χ0v) is 18.7. The Kier molecular flexibility index (Phi) is 6.58. The quantitative estimate of drug-likeness (QED) is 0.468. The van der Waals surface area contributed by atoms with E-state index in [-0.39, 0.29) is 30.7 Å². The molecule has 0 saturated carbocycles. The topological polar surface area (TPSA) is 76.2 Å². The highest BCUT2D eigenvalue weighted by atomic mass is 16.5. The van der Waals surface area contributed by atoms with E-state index in [1.54, 1.807) is 31.2 Å². The number of amides is 3. The highest BCUT2D eigenvalue weighted by Crippen LogP contribution is 2.30. The monoisotopic (exact) mass is 446 g/mol. The van der Waals surface area contributed by atoms with Gasteiger partial charge in [0.2, 0.25) is 5.91 Å². The molecule has 0 aliphatic carbocycles. The van der Waals surface area contributed by atoms with Crippen molar-refractivity contribution in [1.82, 2.24) is 9.80 Å². The molecule has 7 heteroatoms. The molecule has 0 spiro atoms. The van der Waals surface area contributed by atoms with Crippen LogP contribution in [-0.2, 0) is 4.79 Å². The Morgan fingerprint density at radius 1 is 0.909 bits per heavy atom. The Balaban J connectivity index is 1.27. The molecule has 33 heavy (non-hydrogen) atoms. The fraction of sp³-hybridized carbons (Fsp3) is 0.269. The molecule has 1 heterocycles. The van der Waals surface area contributed by atoms with E-state index in [4.69, 9.17) is 9.47 Å². The molecule has 0 N–H and O–H groups in total. The van der Waals surface area contributed by atoms with Crippen LogP contribution in [0, 0.1) is 0 Å². The van der Waals surface area contributed by atoms with Crippen molar-refractivity contribution < 1.29 is 23.9 Å². The lowest BCUT2D eigenvalue weighted by atomic mass is 9.94. The van der Waals surface area contributed by atoms with E-state index >= 15 is 0 Å². The minimum atomic E-state index is -0.307. The molecule has 0 bridgehead atoms. The standard InChI is InChI=1S/C26H26N2O5/c1-27(16-17-33-20-13-11-19(32-2)12-14-20)23(29)10-5-15-28-25(30)21-8-3-6-18-7-4-9-22(24(18)21)26(28)31/h3-4,6-9,11-14H,5,10,15-17H2,1-2H3. The summed E-state index contributed by atoms with van der Waals surface area (Å²) in [5.74, 6) is 0.776.